The summed E-state index contributed by atoms with van der Waals surface area (Å²) in [7, 11) is 6.28. The van der Waals surface area contributed by atoms with Crippen LogP contribution in [0.1, 0.15) is 14.6 Å². The van der Waals surface area contributed by atoms with Gasteiger partial charge in [-0.2, -0.15) is 0 Å². The van der Waals surface area contributed by atoms with Gasteiger partial charge < -0.3 is 0 Å². The normalized spacial score (nSPS) is 11.2. The summed E-state index contributed by atoms with van der Waals surface area (Å²) < 4.78 is 18.5. The standard InChI is InChI=1S/C21H22N2O4Se/c1-13-18(14-9-7-6-8-10-14)22-21(28-13)19(23-27-5)15-11-16(24-2)20(26-4)17(12-15)25-3/h6-12H,1-5H3/b23-19-. The molecule has 0 fully saturated rings. The number of hydrogen-bond acceptors (Lipinski definition) is 6. The van der Waals surface area contributed by atoms with Gasteiger partial charge in [-0.3, -0.25) is 0 Å². The summed E-state index contributed by atoms with van der Waals surface area (Å²) in [4.78, 5) is 10.0. The number of hydrogen-bond donors (Lipinski definition) is 0. The molecule has 0 amide bonds. The molecule has 0 aliphatic heterocycles. The van der Waals surface area contributed by atoms with Crippen LogP contribution < -0.4 is 14.2 Å². The Morgan fingerprint density at radius 3 is 2.11 bits per heavy atom. The first kappa shape index (κ1) is 20.0. The van der Waals surface area contributed by atoms with Crippen molar-refractivity contribution in [2.45, 2.75) is 6.92 Å². The van der Waals surface area contributed by atoms with Gasteiger partial charge in [-0.25, -0.2) is 0 Å². The molecular weight excluding hydrogens is 423 g/mol. The van der Waals surface area contributed by atoms with Crippen molar-refractivity contribution in [3.63, 3.8) is 0 Å². The minimum absolute atomic E-state index is 0.0307. The maximum atomic E-state index is 5.48. The van der Waals surface area contributed by atoms with Crippen LogP contribution in [0.5, 0.6) is 17.2 Å². The van der Waals surface area contributed by atoms with Crippen molar-refractivity contribution in [1.82, 2.24) is 4.98 Å². The molecule has 0 atom stereocenters. The van der Waals surface area contributed by atoms with Gasteiger partial charge >= 0.3 is 170 Å². The molecule has 3 rings (SSSR count). The Labute approximate surface area is 170 Å². The minimum atomic E-state index is 0.0307. The SMILES string of the molecule is CO/N=C(/c1cc(OC)c(OC)c(OC)c1)c1nc(-c2ccccc2)c(C)[se]1. The molecule has 0 aliphatic carbocycles. The van der Waals surface area contributed by atoms with Gasteiger partial charge in [0.05, 0.1) is 0 Å². The summed E-state index contributed by atoms with van der Waals surface area (Å²) in [6.45, 7) is 2.11. The van der Waals surface area contributed by atoms with E-state index >= 15 is 0 Å². The summed E-state index contributed by atoms with van der Waals surface area (Å²) in [6.07, 6.45) is 0. The van der Waals surface area contributed by atoms with E-state index in [1.807, 2.05) is 30.3 Å². The predicted octanol–water partition coefficient (Wildman–Crippen LogP) is 3.54. The maximum absolute atomic E-state index is 5.48. The zero-order valence-electron chi connectivity index (χ0n) is 16.5. The summed E-state index contributed by atoms with van der Waals surface area (Å²) in [5.74, 6) is 1.64. The van der Waals surface area contributed by atoms with E-state index in [1.54, 1.807) is 21.3 Å². The Kier molecular flexibility index (Phi) is 6.39. The zero-order chi connectivity index (χ0) is 20.1. The number of nitrogens with zero attached hydrogens (tertiary/aromatic N) is 2. The molecule has 3 aromatic rings. The number of ether oxygens (including phenoxy) is 3. The van der Waals surface area contributed by atoms with Gasteiger partial charge in [0.2, 0.25) is 0 Å². The third-order valence-electron chi connectivity index (χ3n) is 4.17. The Hall–Kier alpha value is -2.76. The van der Waals surface area contributed by atoms with Gasteiger partial charge in [0.15, 0.2) is 0 Å². The monoisotopic (exact) mass is 446 g/mol. The second-order valence-corrected chi connectivity index (χ2v) is 8.35. The number of aromatic nitrogens is 1. The van der Waals surface area contributed by atoms with Gasteiger partial charge in [-0.1, -0.05) is 0 Å². The first-order chi connectivity index (χ1) is 13.6. The summed E-state index contributed by atoms with van der Waals surface area (Å²) >= 11 is 0.0307. The van der Waals surface area contributed by atoms with E-state index in [4.69, 9.17) is 24.0 Å². The van der Waals surface area contributed by atoms with Gasteiger partial charge in [-0.15, -0.1) is 0 Å². The summed E-state index contributed by atoms with van der Waals surface area (Å²) in [5.41, 5.74) is 3.54. The third kappa shape index (κ3) is 3.91. The van der Waals surface area contributed by atoms with E-state index in [0.717, 1.165) is 21.4 Å². The first-order valence-electron chi connectivity index (χ1n) is 8.57. The van der Waals surface area contributed by atoms with Crippen molar-refractivity contribution in [2.24, 2.45) is 5.16 Å². The van der Waals surface area contributed by atoms with E-state index in [2.05, 4.69) is 24.2 Å². The average molecular weight is 445 g/mol. The number of oxime groups is 1. The molecule has 0 bridgehead atoms. The summed E-state index contributed by atoms with van der Waals surface area (Å²) in [6, 6.07) is 13.9. The Morgan fingerprint density at radius 1 is 0.929 bits per heavy atom. The molecule has 2 aromatic carbocycles. The van der Waals surface area contributed by atoms with Crippen LogP contribution in [-0.2, 0) is 4.84 Å². The first-order valence-corrected chi connectivity index (χ1v) is 10.3. The molecule has 28 heavy (non-hydrogen) atoms. The van der Waals surface area contributed by atoms with Gasteiger partial charge in [0.25, 0.3) is 0 Å². The molecule has 0 saturated heterocycles. The second-order valence-electron chi connectivity index (χ2n) is 5.83. The van der Waals surface area contributed by atoms with Crippen LogP contribution in [-0.4, -0.2) is 53.6 Å². The molecule has 6 nitrogen and oxygen atoms in total. The average Bonchev–Trinajstić information content (AvgIpc) is 3.12. The quantitative estimate of drug-likeness (QED) is 0.316. The fourth-order valence-electron chi connectivity index (χ4n) is 2.89. The molecule has 0 saturated carbocycles. The van der Waals surface area contributed by atoms with Crippen LogP contribution in [0.3, 0.4) is 0 Å². The van der Waals surface area contributed by atoms with Crippen LogP contribution in [0.4, 0.5) is 0 Å². The molecule has 0 spiro atoms. The predicted molar refractivity (Wildman–Crippen MR) is 110 cm³/mol. The fourth-order valence-corrected chi connectivity index (χ4v) is 4.86. The van der Waals surface area contributed by atoms with Crippen LogP contribution in [0.15, 0.2) is 47.6 Å². The van der Waals surface area contributed by atoms with E-state index in [-0.39, 0.29) is 14.5 Å². The number of benzene rings is 2. The van der Waals surface area contributed by atoms with Crippen molar-refractivity contribution >= 4 is 20.2 Å². The van der Waals surface area contributed by atoms with Crippen molar-refractivity contribution < 1.29 is 19.0 Å². The van der Waals surface area contributed by atoms with Gasteiger partial charge in [0, 0.05) is 0 Å². The van der Waals surface area contributed by atoms with Crippen LogP contribution in [0.2, 0.25) is 0 Å². The number of rotatable bonds is 7. The Bertz CT molecular complexity index is 958. The van der Waals surface area contributed by atoms with Crippen molar-refractivity contribution in [2.75, 3.05) is 28.4 Å². The zero-order valence-corrected chi connectivity index (χ0v) is 18.2. The van der Waals surface area contributed by atoms with Crippen LogP contribution >= 0.6 is 0 Å². The van der Waals surface area contributed by atoms with Crippen LogP contribution in [0.25, 0.3) is 11.3 Å². The molecule has 0 N–H and O–H groups in total. The third-order valence-corrected chi connectivity index (χ3v) is 6.22. The summed E-state index contributed by atoms with van der Waals surface area (Å²) in [5, 5.41) is 4.27. The second kappa shape index (κ2) is 8.95. The Morgan fingerprint density at radius 2 is 1.57 bits per heavy atom. The van der Waals surface area contributed by atoms with Crippen molar-refractivity contribution in [1.29, 1.82) is 0 Å². The van der Waals surface area contributed by atoms with Crippen molar-refractivity contribution in [3.05, 3.63) is 57.0 Å². The molecule has 1 aromatic heterocycles. The van der Waals surface area contributed by atoms with E-state index < -0.39 is 0 Å². The van der Waals surface area contributed by atoms with Crippen LogP contribution in [0, 0.1) is 6.92 Å². The van der Waals surface area contributed by atoms with Crippen molar-refractivity contribution in [3.8, 4) is 28.5 Å². The molecular formula is C21H22N2O4Se. The molecule has 0 aliphatic rings. The number of methoxy groups -OCH3 is 3. The molecule has 0 unspecified atom stereocenters. The molecule has 0 radical (unpaired) electrons. The molecule has 1 heterocycles. The van der Waals surface area contributed by atoms with E-state index in [9.17, 15) is 0 Å². The number of aryl methyl sites for hydroxylation is 1. The van der Waals surface area contributed by atoms with Gasteiger partial charge in [0.1, 0.15) is 0 Å². The van der Waals surface area contributed by atoms with E-state index in [0.29, 0.717) is 23.0 Å². The van der Waals surface area contributed by atoms with Gasteiger partial charge in [-0.05, 0) is 0 Å². The fraction of sp³-hybridized carbons (Fsp3) is 0.238. The van der Waals surface area contributed by atoms with E-state index in [1.165, 1.54) is 11.5 Å². The topological polar surface area (TPSA) is 62.2 Å². The Balaban J connectivity index is 2.13. The molecule has 7 heteroatoms. The molecule has 146 valence electrons.